The fourth-order valence-electron chi connectivity index (χ4n) is 6.34. The van der Waals surface area contributed by atoms with Crippen LogP contribution in [0.25, 0.3) is 6.08 Å². The van der Waals surface area contributed by atoms with E-state index >= 15 is 0 Å². The molecule has 12 nitrogen and oxygen atoms in total. The molecule has 0 aliphatic carbocycles. The number of nitrogens with one attached hydrogen (secondary N) is 3. The van der Waals surface area contributed by atoms with Crippen molar-refractivity contribution in [1.29, 1.82) is 0 Å². The number of hydrogen-bond donors (Lipinski definition) is 3. The quantitative estimate of drug-likeness (QED) is 0.0311. The van der Waals surface area contributed by atoms with Gasteiger partial charge in [0.25, 0.3) is 17.5 Å². The molecule has 0 saturated heterocycles. The minimum Gasteiger partial charge on any atom is -0.462 e. The van der Waals surface area contributed by atoms with Gasteiger partial charge in [0.1, 0.15) is 10.7 Å². The Labute approximate surface area is 338 Å². The normalized spacial score (nSPS) is 13.2. The maximum absolute atomic E-state index is 13.9. The van der Waals surface area contributed by atoms with Gasteiger partial charge in [-0.2, -0.15) is 0 Å². The molecule has 3 amide bonds. The first-order valence-corrected chi connectivity index (χ1v) is 20.1. The van der Waals surface area contributed by atoms with Gasteiger partial charge in [0.05, 0.1) is 27.9 Å². The smallest absolute Gasteiger partial charge is 0.341 e. The second kappa shape index (κ2) is 19.2. The Kier molecular flexibility index (Phi) is 13.6. The van der Waals surface area contributed by atoms with E-state index < -0.39 is 28.0 Å². The van der Waals surface area contributed by atoms with Crippen LogP contribution in [0.4, 0.5) is 16.4 Å². The van der Waals surface area contributed by atoms with Gasteiger partial charge >= 0.3 is 5.97 Å². The zero-order valence-corrected chi connectivity index (χ0v) is 33.0. The van der Waals surface area contributed by atoms with Crippen LogP contribution in [0.2, 0.25) is 0 Å². The first-order chi connectivity index (χ1) is 27.6. The van der Waals surface area contributed by atoms with Crippen LogP contribution in [0.3, 0.4) is 0 Å². The summed E-state index contributed by atoms with van der Waals surface area (Å²) in [4.78, 5) is 69.2. The molecular weight excluding hydrogens is 763 g/mol. The molecule has 1 aromatic heterocycles. The van der Waals surface area contributed by atoms with Crippen LogP contribution >= 0.6 is 23.1 Å². The first-order valence-electron chi connectivity index (χ1n) is 18.4. The van der Waals surface area contributed by atoms with Crippen molar-refractivity contribution in [3.8, 4) is 0 Å². The molecular formula is C43H41N5O7S2. The maximum Gasteiger partial charge on any atom is 0.341 e. The zero-order chi connectivity index (χ0) is 40.3. The second-order valence-corrected chi connectivity index (χ2v) is 15.4. The standard InChI is InChI=1S/C43H41N5O7S2/c1-3-36(41(51)46-42-38(43(52)55-4-2)33-22-23-47(27-37(33)57-42)26-28-14-7-5-8-15-28)56-32-20-13-19-31(25-32)44-40(50)34(45-39(49)29-16-9-6-10-17-29)24-30-18-11-12-21-35(30)48(53)54/h5-21,24-25,36H,3-4,22-23,26-27H2,1-2H3,(H,44,50)(H,45,49)(H,46,51)/b34-24+. The van der Waals surface area contributed by atoms with Crippen molar-refractivity contribution < 1.29 is 28.8 Å². The summed E-state index contributed by atoms with van der Waals surface area (Å²) in [5, 5.41) is 20.1. The SMILES string of the molecule is CCOC(=O)c1c(NC(=O)C(CC)Sc2cccc(NC(=O)/C(=C\c3ccccc3[N+](=O)[O-])NC(=O)c3ccccc3)c2)sc2c1CCN(Cc1ccccc1)C2. The number of benzene rings is 4. The molecule has 0 radical (unpaired) electrons. The van der Waals surface area contributed by atoms with E-state index in [4.69, 9.17) is 4.74 Å². The number of carbonyl (C=O) groups is 4. The molecule has 57 heavy (non-hydrogen) atoms. The van der Waals surface area contributed by atoms with Crippen molar-refractivity contribution >= 4 is 69.2 Å². The lowest BCUT2D eigenvalue weighted by Crippen LogP contribution is -2.30. The van der Waals surface area contributed by atoms with E-state index in [1.165, 1.54) is 52.9 Å². The zero-order valence-electron chi connectivity index (χ0n) is 31.4. The molecule has 0 fully saturated rings. The van der Waals surface area contributed by atoms with Gasteiger partial charge in [-0.05, 0) is 73.4 Å². The molecule has 14 heteroatoms. The molecule has 1 atom stereocenters. The number of nitro benzene ring substituents is 1. The summed E-state index contributed by atoms with van der Waals surface area (Å²) < 4.78 is 5.44. The highest BCUT2D eigenvalue weighted by molar-refractivity contribution is 8.00. The van der Waals surface area contributed by atoms with Crippen molar-refractivity contribution in [2.45, 2.75) is 49.9 Å². The van der Waals surface area contributed by atoms with Gasteiger partial charge in [-0.3, -0.25) is 29.4 Å². The van der Waals surface area contributed by atoms with E-state index in [1.807, 2.05) is 31.2 Å². The number of fused-ring (bicyclic) bond motifs is 1. The highest BCUT2D eigenvalue weighted by Gasteiger charge is 2.31. The van der Waals surface area contributed by atoms with Crippen molar-refractivity contribution in [3.63, 3.8) is 0 Å². The molecule has 4 aromatic carbocycles. The third kappa shape index (κ3) is 10.4. The molecule has 0 bridgehead atoms. The summed E-state index contributed by atoms with van der Waals surface area (Å²) >= 11 is 2.71. The Hall–Kier alpha value is -6.09. The third-order valence-electron chi connectivity index (χ3n) is 9.10. The van der Waals surface area contributed by atoms with Gasteiger partial charge in [0.2, 0.25) is 5.91 Å². The fraction of sp³-hybridized carbons (Fsp3) is 0.209. The van der Waals surface area contributed by atoms with Crippen LogP contribution in [0.1, 0.15) is 62.6 Å². The van der Waals surface area contributed by atoms with Crippen molar-refractivity contribution in [1.82, 2.24) is 10.2 Å². The van der Waals surface area contributed by atoms with E-state index in [-0.39, 0.29) is 29.5 Å². The van der Waals surface area contributed by atoms with Crippen molar-refractivity contribution in [2.75, 3.05) is 23.8 Å². The number of thioether (sulfide) groups is 1. The molecule has 6 rings (SSSR count). The Balaban J connectivity index is 1.18. The van der Waals surface area contributed by atoms with E-state index in [0.717, 1.165) is 23.5 Å². The number of para-hydroxylation sites is 1. The minimum atomic E-state index is -0.708. The van der Waals surface area contributed by atoms with Crippen LogP contribution in [0.5, 0.6) is 0 Å². The van der Waals surface area contributed by atoms with Crippen LogP contribution in [0.15, 0.2) is 120 Å². The average Bonchev–Trinajstić information content (AvgIpc) is 3.57. The number of esters is 1. The average molecular weight is 804 g/mol. The van der Waals surface area contributed by atoms with Crippen LogP contribution in [0, 0.1) is 10.1 Å². The topological polar surface area (TPSA) is 160 Å². The first kappa shape index (κ1) is 40.6. The number of anilines is 2. The van der Waals surface area contributed by atoms with Gasteiger partial charge in [-0.25, -0.2) is 4.79 Å². The number of nitro groups is 1. The Bertz CT molecular complexity index is 2300. The summed E-state index contributed by atoms with van der Waals surface area (Å²) in [6, 6.07) is 31.3. The number of thiophene rings is 1. The number of nitrogens with zero attached hydrogens (tertiary/aromatic N) is 2. The van der Waals surface area contributed by atoms with Crippen molar-refractivity contribution in [2.24, 2.45) is 0 Å². The third-order valence-corrected chi connectivity index (χ3v) is 11.6. The lowest BCUT2D eigenvalue weighted by molar-refractivity contribution is -0.385. The van der Waals surface area contributed by atoms with Gasteiger partial charge in [0, 0.05) is 46.7 Å². The van der Waals surface area contributed by atoms with E-state index in [9.17, 15) is 29.3 Å². The number of rotatable bonds is 15. The molecule has 0 saturated carbocycles. The summed E-state index contributed by atoms with van der Waals surface area (Å²) in [5.41, 5.74) is 2.89. The predicted molar refractivity (Wildman–Crippen MR) is 223 cm³/mol. The maximum atomic E-state index is 13.9. The van der Waals surface area contributed by atoms with Crippen LogP contribution in [-0.4, -0.2) is 51.9 Å². The fourth-order valence-corrected chi connectivity index (χ4v) is 8.63. The molecule has 292 valence electrons. The molecule has 2 heterocycles. The minimum absolute atomic E-state index is 0.129. The van der Waals surface area contributed by atoms with E-state index in [1.54, 1.807) is 61.5 Å². The number of ether oxygens (including phenoxy) is 1. The summed E-state index contributed by atoms with van der Waals surface area (Å²) in [6.07, 6.45) is 2.38. The lowest BCUT2D eigenvalue weighted by Gasteiger charge is -2.27. The monoisotopic (exact) mass is 803 g/mol. The second-order valence-electron chi connectivity index (χ2n) is 13.1. The largest absolute Gasteiger partial charge is 0.462 e. The van der Waals surface area contributed by atoms with Gasteiger partial charge in [-0.15, -0.1) is 23.1 Å². The van der Waals surface area contributed by atoms with E-state index in [2.05, 4.69) is 33.0 Å². The Morgan fingerprint density at radius 3 is 2.37 bits per heavy atom. The molecule has 3 N–H and O–H groups in total. The Morgan fingerprint density at radius 1 is 0.930 bits per heavy atom. The molecule has 5 aromatic rings. The van der Waals surface area contributed by atoms with Gasteiger partial charge in [-0.1, -0.05) is 73.7 Å². The Morgan fingerprint density at radius 2 is 1.65 bits per heavy atom. The number of hydrogen-bond acceptors (Lipinski definition) is 10. The predicted octanol–water partition coefficient (Wildman–Crippen LogP) is 8.31. The summed E-state index contributed by atoms with van der Waals surface area (Å²) in [6.45, 7) is 6.05. The van der Waals surface area contributed by atoms with Crippen LogP contribution < -0.4 is 16.0 Å². The van der Waals surface area contributed by atoms with Gasteiger partial charge in [0.15, 0.2) is 0 Å². The lowest BCUT2D eigenvalue weighted by atomic mass is 10.0. The molecule has 1 unspecified atom stereocenters. The highest BCUT2D eigenvalue weighted by atomic mass is 32.2. The molecule has 1 aliphatic heterocycles. The number of amides is 3. The molecule has 0 spiro atoms. The highest BCUT2D eigenvalue weighted by Crippen LogP contribution is 2.39. The van der Waals surface area contributed by atoms with Gasteiger partial charge < -0.3 is 20.7 Å². The van der Waals surface area contributed by atoms with Crippen LogP contribution in [-0.2, 0) is 33.8 Å². The van der Waals surface area contributed by atoms with Crippen molar-refractivity contribution in [3.05, 3.63) is 158 Å². The van der Waals surface area contributed by atoms with E-state index in [0.29, 0.717) is 46.1 Å². The summed E-state index contributed by atoms with van der Waals surface area (Å²) in [7, 11) is 0. The summed E-state index contributed by atoms with van der Waals surface area (Å²) in [5.74, 6) is -2.01. The molecule has 1 aliphatic rings. The number of carbonyl (C=O) groups excluding carboxylic acids is 4.